The Morgan fingerprint density at radius 2 is 1.74 bits per heavy atom. The van der Waals surface area contributed by atoms with E-state index >= 15 is 0 Å². The Kier molecular flexibility index (Phi) is 11.0. The lowest BCUT2D eigenvalue weighted by Crippen LogP contribution is -2.25. The number of nitrogens with one attached hydrogen (secondary N) is 1. The standard InChI is InChI=1S/C26H34N2O6/c1-3-19-15-21(18(2)29)23(30)16-24(19)34-17-20-11-10-12-22(28-20)26(33)27-14-9-7-5-4-6-8-13-25(31)32/h10-12,15-16,30H,3-9,13-14,17H2,1-2H3,(H,27,33)(H,31,32). The molecule has 3 N–H and O–H groups in total. The number of aryl methyl sites for hydroxylation is 1. The normalized spacial score (nSPS) is 10.6. The average molecular weight is 471 g/mol. The SMILES string of the molecule is CCc1cc(C(C)=O)c(O)cc1OCc1cccc(C(=O)NCCCCCCCCC(=O)O)n1. The summed E-state index contributed by atoms with van der Waals surface area (Å²) in [6.45, 7) is 4.01. The molecule has 0 saturated carbocycles. The molecule has 1 aromatic heterocycles. The van der Waals surface area contributed by atoms with E-state index in [1.54, 1.807) is 24.3 Å². The van der Waals surface area contributed by atoms with Crippen molar-refractivity contribution in [3.8, 4) is 11.5 Å². The third-order valence-corrected chi connectivity index (χ3v) is 5.46. The van der Waals surface area contributed by atoms with Gasteiger partial charge in [0.15, 0.2) is 5.78 Å². The number of unbranched alkanes of at least 4 members (excludes halogenated alkanes) is 5. The fourth-order valence-corrected chi connectivity index (χ4v) is 3.55. The molecular weight excluding hydrogens is 436 g/mol. The Bertz CT molecular complexity index is 989. The van der Waals surface area contributed by atoms with Crippen molar-refractivity contribution in [2.75, 3.05) is 6.54 Å². The van der Waals surface area contributed by atoms with Gasteiger partial charge in [0.2, 0.25) is 0 Å². The maximum absolute atomic E-state index is 12.4. The van der Waals surface area contributed by atoms with E-state index in [-0.39, 0.29) is 36.0 Å². The topological polar surface area (TPSA) is 126 Å². The molecule has 0 aliphatic rings. The van der Waals surface area contributed by atoms with Crippen LogP contribution in [0.25, 0.3) is 0 Å². The smallest absolute Gasteiger partial charge is 0.303 e. The van der Waals surface area contributed by atoms with E-state index in [2.05, 4.69) is 10.3 Å². The van der Waals surface area contributed by atoms with Gasteiger partial charge in [0.1, 0.15) is 23.8 Å². The number of aromatic hydroxyl groups is 1. The summed E-state index contributed by atoms with van der Waals surface area (Å²) >= 11 is 0. The molecule has 34 heavy (non-hydrogen) atoms. The van der Waals surface area contributed by atoms with Crippen molar-refractivity contribution in [1.29, 1.82) is 0 Å². The maximum atomic E-state index is 12.4. The molecule has 1 aromatic carbocycles. The van der Waals surface area contributed by atoms with Gasteiger partial charge in [0.25, 0.3) is 5.91 Å². The van der Waals surface area contributed by atoms with Gasteiger partial charge < -0.3 is 20.3 Å². The number of nitrogens with zero attached hydrogens (tertiary/aromatic N) is 1. The van der Waals surface area contributed by atoms with E-state index in [0.717, 1.165) is 37.7 Å². The number of carboxylic acids is 1. The summed E-state index contributed by atoms with van der Waals surface area (Å²) in [6.07, 6.45) is 6.33. The van der Waals surface area contributed by atoms with Gasteiger partial charge in [-0.05, 0) is 49.9 Å². The van der Waals surface area contributed by atoms with Gasteiger partial charge in [-0.3, -0.25) is 14.4 Å². The Morgan fingerprint density at radius 1 is 1.03 bits per heavy atom. The minimum atomic E-state index is -0.750. The van der Waals surface area contributed by atoms with E-state index in [1.165, 1.54) is 13.0 Å². The molecule has 0 fully saturated rings. The van der Waals surface area contributed by atoms with Crippen LogP contribution in [0.4, 0.5) is 0 Å². The number of aliphatic carboxylic acids is 1. The van der Waals surface area contributed by atoms with Gasteiger partial charge in [-0.15, -0.1) is 0 Å². The van der Waals surface area contributed by atoms with Crippen molar-refractivity contribution in [3.63, 3.8) is 0 Å². The first kappa shape index (κ1) is 26.8. The zero-order valence-electron chi connectivity index (χ0n) is 19.9. The molecule has 0 aliphatic carbocycles. The summed E-state index contributed by atoms with van der Waals surface area (Å²) in [4.78, 5) is 38.9. The Morgan fingerprint density at radius 3 is 2.41 bits per heavy atom. The third kappa shape index (κ3) is 8.84. The second-order valence-electron chi connectivity index (χ2n) is 8.21. The van der Waals surface area contributed by atoms with Crippen LogP contribution in [0.15, 0.2) is 30.3 Å². The summed E-state index contributed by atoms with van der Waals surface area (Å²) < 4.78 is 5.83. The first-order valence-corrected chi connectivity index (χ1v) is 11.8. The number of hydrogen-bond donors (Lipinski definition) is 3. The molecule has 184 valence electrons. The van der Waals surface area contributed by atoms with Crippen molar-refractivity contribution < 1.29 is 29.3 Å². The van der Waals surface area contributed by atoms with Gasteiger partial charge in [0, 0.05) is 19.0 Å². The number of benzene rings is 1. The monoisotopic (exact) mass is 470 g/mol. The van der Waals surface area contributed by atoms with Crippen molar-refractivity contribution in [3.05, 3.63) is 52.8 Å². The van der Waals surface area contributed by atoms with Crippen LogP contribution < -0.4 is 10.1 Å². The number of ether oxygens (including phenoxy) is 1. The average Bonchev–Trinajstić information content (AvgIpc) is 2.81. The van der Waals surface area contributed by atoms with E-state index in [4.69, 9.17) is 9.84 Å². The predicted octanol–water partition coefficient (Wildman–Crippen LogP) is 4.68. The number of ketones is 1. The number of rotatable bonds is 15. The highest BCUT2D eigenvalue weighted by molar-refractivity contribution is 5.97. The second kappa shape index (κ2) is 14.0. The Labute approximate surface area is 200 Å². The van der Waals surface area contributed by atoms with Gasteiger partial charge in [-0.1, -0.05) is 38.7 Å². The highest BCUT2D eigenvalue weighted by Crippen LogP contribution is 2.29. The number of carbonyl (C=O) groups excluding carboxylic acids is 2. The molecule has 8 heteroatoms. The van der Waals surface area contributed by atoms with Gasteiger partial charge in [-0.25, -0.2) is 4.98 Å². The minimum absolute atomic E-state index is 0.120. The number of carbonyl (C=O) groups is 3. The summed E-state index contributed by atoms with van der Waals surface area (Å²) in [5.74, 6) is -0.859. The number of carboxylic acid groups (broad SMARTS) is 1. The largest absolute Gasteiger partial charge is 0.507 e. The van der Waals surface area contributed by atoms with Gasteiger partial charge >= 0.3 is 5.97 Å². The molecule has 1 heterocycles. The number of aromatic nitrogens is 1. The highest BCUT2D eigenvalue weighted by atomic mass is 16.5. The van der Waals surface area contributed by atoms with Crippen LogP contribution in [-0.2, 0) is 17.8 Å². The molecule has 0 saturated heterocycles. The predicted molar refractivity (Wildman–Crippen MR) is 128 cm³/mol. The van der Waals surface area contributed by atoms with Crippen molar-refractivity contribution in [2.45, 2.75) is 71.8 Å². The van der Waals surface area contributed by atoms with Crippen LogP contribution in [0.2, 0.25) is 0 Å². The van der Waals surface area contributed by atoms with Crippen LogP contribution in [0, 0.1) is 0 Å². The first-order chi connectivity index (χ1) is 16.3. The molecule has 8 nitrogen and oxygen atoms in total. The lowest BCUT2D eigenvalue weighted by atomic mass is 10.0. The molecule has 0 spiro atoms. The number of phenols is 1. The zero-order valence-corrected chi connectivity index (χ0v) is 19.9. The van der Waals surface area contributed by atoms with Gasteiger partial charge in [0.05, 0.1) is 11.3 Å². The molecule has 0 unspecified atom stereocenters. The Hall–Kier alpha value is -3.42. The quantitative estimate of drug-likeness (QED) is 0.255. The molecule has 2 aromatic rings. The number of amides is 1. The number of pyridine rings is 1. The lowest BCUT2D eigenvalue weighted by molar-refractivity contribution is -0.137. The summed E-state index contributed by atoms with van der Waals surface area (Å²) in [7, 11) is 0. The van der Waals surface area contributed by atoms with Crippen molar-refractivity contribution in [1.82, 2.24) is 10.3 Å². The molecule has 0 radical (unpaired) electrons. The number of phenolic OH excluding ortho intramolecular Hbond substituents is 1. The molecule has 0 aliphatic heterocycles. The summed E-state index contributed by atoms with van der Waals surface area (Å²) in [5, 5.41) is 21.6. The molecular formula is C26H34N2O6. The third-order valence-electron chi connectivity index (χ3n) is 5.46. The van der Waals surface area contributed by atoms with Crippen LogP contribution in [0.3, 0.4) is 0 Å². The minimum Gasteiger partial charge on any atom is -0.507 e. The fraction of sp³-hybridized carbons (Fsp3) is 0.462. The van der Waals surface area contributed by atoms with E-state index in [0.29, 0.717) is 36.5 Å². The van der Waals surface area contributed by atoms with Gasteiger partial charge in [-0.2, -0.15) is 0 Å². The lowest BCUT2D eigenvalue weighted by Gasteiger charge is -2.13. The molecule has 1 amide bonds. The number of hydrogen-bond acceptors (Lipinski definition) is 6. The Balaban J connectivity index is 1.80. The maximum Gasteiger partial charge on any atom is 0.303 e. The second-order valence-corrected chi connectivity index (χ2v) is 8.21. The molecule has 2 rings (SSSR count). The van der Waals surface area contributed by atoms with Crippen LogP contribution >= 0.6 is 0 Å². The summed E-state index contributed by atoms with van der Waals surface area (Å²) in [5.41, 5.74) is 1.95. The molecule has 0 atom stereocenters. The van der Waals surface area contributed by atoms with E-state index in [1.807, 2.05) is 6.92 Å². The molecule has 0 bridgehead atoms. The fourth-order valence-electron chi connectivity index (χ4n) is 3.55. The zero-order chi connectivity index (χ0) is 24.9. The van der Waals surface area contributed by atoms with Crippen molar-refractivity contribution >= 4 is 17.7 Å². The highest BCUT2D eigenvalue weighted by Gasteiger charge is 2.14. The first-order valence-electron chi connectivity index (χ1n) is 11.8. The van der Waals surface area contributed by atoms with E-state index < -0.39 is 5.97 Å². The van der Waals surface area contributed by atoms with E-state index in [9.17, 15) is 19.5 Å². The van der Waals surface area contributed by atoms with Crippen LogP contribution in [0.1, 0.15) is 90.9 Å². The van der Waals surface area contributed by atoms with Crippen LogP contribution in [-0.4, -0.2) is 39.4 Å². The van der Waals surface area contributed by atoms with Crippen LogP contribution in [0.5, 0.6) is 11.5 Å². The summed E-state index contributed by atoms with van der Waals surface area (Å²) in [6, 6.07) is 8.23. The van der Waals surface area contributed by atoms with Crippen molar-refractivity contribution in [2.24, 2.45) is 0 Å². The number of Topliss-reactive ketones (excluding diaryl/α,β-unsaturated/α-hetero) is 1.